The Morgan fingerprint density at radius 3 is 2.21 bits per heavy atom. The van der Waals surface area contributed by atoms with E-state index < -0.39 is 15.9 Å². The minimum atomic E-state index is -3.85. The predicted molar refractivity (Wildman–Crippen MR) is 113 cm³/mol. The molecule has 0 aliphatic heterocycles. The van der Waals surface area contributed by atoms with E-state index in [1.165, 1.54) is 24.3 Å². The van der Waals surface area contributed by atoms with Crippen LogP contribution in [0.3, 0.4) is 0 Å². The molecule has 0 aliphatic rings. The van der Waals surface area contributed by atoms with Crippen LogP contribution in [-0.2, 0) is 10.0 Å². The van der Waals surface area contributed by atoms with Gasteiger partial charge in [0.1, 0.15) is 0 Å². The number of sulfonamides is 1. The van der Waals surface area contributed by atoms with Crippen LogP contribution < -0.4 is 10.0 Å². The summed E-state index contributed by atoms with van der Waals surface area (Å²) < 4.78 is 27.8. The first-order chi connectivity index (χ1) is 13.3. The number of hydrogen-bond donors (Lipinski definition) is 2. The van der Waals surface area contributed by atoms with Crippen molar-refractivity contribution in [3.05, 3.63) is 87.9 Å². The zero-order chi connectivity index (χ0) is 20.3. The number of nitrogens with one attached hydrogen (secondary N) is 2. The highest BCUT2D eigenvalue weighted by Crippen LogP contribution is 2.30. The van der Waals surface area contributed by atoms with E-state index in [-0.39, 0.29) is 21.2 Å². The quantitative estimate of drug-likeness (QED) is 0.567. The molecule has 5 nitrogen and oxygen atoms in total. The van der Waals surface area contributed by atoms with E-state index in [2.05, 4.69) is 10.0 Å². The van der Waals surface area contributed by atoms with Gasteiger partial charge in [-0.05, 0) is 43.3 Å². The van der Waals surface area contributed by atoms with Crippen molar-refractivity contribution < 1.29 is 13.2 Å². The van der Waals surface area contributed by atoms with E-state index in [9.17, 15) is 13.2 Å². The van der Waals surface area contributed by atoms with Crippen LogP contribution in [0.5, 0.6) is 0 Å². The van der Waals surface area contributed by atoms with Crippen molar-refractivity contribution >= 4 is 50.5 Å². The zero-order valence-electron chi connectivity index (χ0n) is 14.7. The van der Waals surface area contributed by atoms with Crippen molar-refractivity contribution in [2.24, 2.45) is 0 Å². The van der Waals surface area contributed by atoms with Gasteiger partial charge in [0.15, 0.2) is 0 Å². The molecule has 28 heavy (non-hydrogen) atoms. The molecule has 0 saturated heterocycles. The number of benzene rings is 3. The second-order valence-electron chi connectivity index (χ2n) is 6.02. The summed E-state index contributed by atoms with van der Waals surface area (Å²) in [6, 6.07) is 17.6. The van der Waals surface area contributed by atoms with Gasteiger partial charge in [-0.15, -0.1) is 0 Å². The molecule has 0 aliphatic carbocycles. The molecule has 2 N–H and O–H groups in total. The number of carbonyl (C=O) groups is 1. The van der Waals surface area contributed by atoms with E-state index in [1.54, 1.807) is 42.5 Å². The minimum Gasteiger partial charge on any atom is -0.321 e. The summed E-state index contributed by atoms with van der Waals surface area (Å²) in [6.07, 6.45) is 0. The Morgan fingerprint density at radius 2 is 1.50 bits per heavy atom. The van der Waals surface area contributed by atoms with Crippen LogP contribution in [0.15, 0.2) is 71.6 Å². The average Bonchev–Trinajstić information content (AvgIpc) is 2.66. The Labute approximate surface area is 173 Å². The average molecular weight is 435 g/mol. The molecule has 0 bridgehead atoms. The van der Waals surface area contributed by atoms with Gasteiger partial charge in [-0.2, -0.15) is 0 Å². The van der Waals surface area contributed by atoms with E-state index >= 15 is 0 Å². The van der Waals surface area contributed by atoms with Crippen LogP contribution in [0.2, 0.25) is 10.0 Å². The summed E-state index contributed by atoms with van der Waals surface area (Å²) in [5.41, 5.74) is 1.57. The standard InChI is InChI=1S/C20H16Cl2N2O3S/c1-13-9-11-14(12-10-13)28(26,27)24-17-7-3-2-5-15(17)20(25)23-18-8-4-6-16(21)19(18)22/h2-12,24H,1H3,(H,23,25). The fourth-order valence-corrected chi connectivity index (χ4v) is 3.91. The van der Waals surface area contributed by atoms with Gasteiger partial charge >= 0.3 is 0 Å². The Morgan fingerprint density at radius 1 is 0.857 bits per heavy atom. The first-order valence-electron chi connectivity index (χ1n) is 8.22. The second-order valence-corrected chi connectivity index (χ2v) is 8.49. The third kappa shape index (κ3) is 4.47. The van der Waals surface area contributed by atoms with E-state index in [0.717, 1.165) is 5.56 Å². The fraction of sp³-hybridized carbons (Fsp3) is 0.0500. The molecule has 0 atom stereocenters. The maximum absolute atomic E-state index is 12.7. The van der Waals surface area contributed by atoms with Crippen LogP contribution in [0.1, 0.15) is 15.9 Å². The van der Waals surface area contributed by atoms with Gasteiger partial charge in [0.2, 0.25) is 0 Å². The number of anilines is 2. The van der Waals surface area contributed by atoms with Gasteiger partial charge in [0.05, 0.1) is 31.9 Å². The van der Waals surface area contributed by atoms with Gasteiger partial charge in [-0.1, -0.05) is 59.1 Å². The topological polar surface area (TPSA) is 75.3 Å². The third-order valence-corrected chi connectivity index (χ3v) is 6.15. The van der Waals surface area contributed by atoms with Crippen molar-refractivity contribution in [1.29, 1.82) is 0 Å². The smallest absolute Gasteiger partial charge is 0.261 e. The van der Waals surface area contributed by atoms with Gasteiger partial charge in [0.25, 0.3) is 15.9 Å². The number of rotatable bonds is 5. The first-order valence-corrected chi connectivity index (χ1v) is 10.5. The van der Waals surface area contributed by atoms with Crippen molar-refractivity contribution in [1.82, 2.24) is 0 Å². The summed E-state index contributed by atoms with van der Waals surface area (Å²) in [6.45, 7) is 1.87. The third-order valence-electron chi connectivity index (χ3n) is 3.95. The zero-order valence-corrected chi connectivity index (χ0v) is 17.1. The highest BCUT2D eigenvalue weighted by atomic mass is 35.5. The Balaban J connectivity index is 1.89. The molecule has 0 saturated carbocycles. The maximum atomic E-state index is 12.7. The molecule has 1 amide bonds. The fourth-order valence-electron chi connectivity index (χ4n) is 2.48. The van der Waals surface area contributed by atoms with Crippen LogP contribution in [0, 0.1) is 6.92 Å². The lowest BCUT2D eigenvalue weighted by Crippen LogP contribution is -2.18. The van der Waals surface area contributed by atoms with Gasteiger partial charge in [-0.25, -0.2) is 8.42 Å². The Bertz CT molecular complexity index is 1130. The molecule has 3 rings (SSSR count). The van der Waals surface area contributed by atoms with Crippen LogP contribution >= 0.6 is 23.2 Å². The van der Waals surface area contributed by atoms with Crippen LogP contribution in [0.4, 0.5) is 11.4 Å². The monoisotopic (exact) mass is 434 g/mol. The summed E-state index contributed by atoms with van der Waals surface area (Å²) in [4.78, 5) is 12.8. The number of carbonyl (C=O) groups excluding carboxylic acids is 1. The van der Waals surface area contributed by atoms with Crippen molar-refractivity contribution in [2.75, 3.05) is 10.0 Å². The normalized spacial score (nSPS) is 11.1. The van der Waals surface area contributed by atoms with Gasteiger partial charge in [-0.3, -0.25) is 9.52 Å². The predicted octanol–water partition coefficient (Wildman–Crippen LogP) is 5.35. The molecular weight excluding hydrogens is 419 g/mol. The van der Waals surface area contributed by atoms with E-state index in [1.807, 2.05) is 6.92 Å². The molecule has 0 radical (unpaired) electrons. The van der Waals surface area contributed by atoms with Crippen LogP contribution in [0.25, 0.3) is 0 Å². The number of para-hydroxylation sites is 1. The van der Waals surface area contributed by atoms with Gasteiger partial charge in [0, 0.05) is 0 Å². The molecule has 3 aromatic rings. The summed E-state index contributed by atoms with van der Waals surface area (Å²) in [7, 11) is -3.85. The second kappa shape index (κ2) is 8.22. The lowest BCUT2D eigenvalue weighted by Gasteiger charge is -2.14. The number of amides is 1. The molecule has 0 heterocycles. The molecular formula is C20H16Cl2N2O3S. The highest BCUT2D eigenvalue weighted by molar-refractivity contribution is 7.92. The van der Waals surface area contributed by atoms with Crippen molar-refractivity contribution in [2.45, 2.75) is 11.8 Å². The molecule has 0 unspecified atom stereocenters. The molecule has 3 aromatic carbocycles. The molecule has 144 valence electrons. The highest BCUT2D eigenvalue weighted by Gasteiger charge is 2.19. The summed E-state index contributed by atoms with van der Waals surface area (Å²) >= 11 is 12.1. The number of halogens is 2. The molecule has 0 spiro atoms. The lowest BCUT2D eigenvalue weighted by atomic mass is 10.1. The molecule has 0 fully saturated rings. The Kier molecular flexibility index (Phi) is 5.93. The van der Waals surface area contributed by atoms with E-state index in [4.69, 9.17) is 23.2 Å². The summed E-state index contributed by atoms with van der Waals surface area (Å²) in [5.74, 6) is -0.522. The van der Waals surface area contributed by atoms with Crippen LogP contribution in [-0.4, -0.2) is 14.3 Å². The minimum absolute atomic E-state index is 0.103. The molecule has 0 aromatic heterocycles. The number of hydrogen-bond acceptors (Lipinski definition) is 3. The lowest BCUT2D eigenvalue weighted by molar-refractivity contribution is 0.102. The SMILES string of the molecule is Cc1ccc(S(=O)(=O)Nc2ccccc2C(=O)Nc2cccc(Cl)c2Cl)cc1. The maximum Gasteiger partial charge on any atom is 0.261 e. The largest absolute Gasteiger partial charge is 0.321 e. The van der Waals surface area contributed by atoms with E-state index in [0.29, 0.717) is 10.7 Å². The molecule has 8 heteroatoms. The summed E-state index contributed by atoms with van der Waals surface area (Å²) in [5, 5.41) is 3.15. The first kappa shape index (κ1) is 20.2. The number of aryl methyl sites for hydroxylation is 1. The Hall–Kier alpha value is -2.54. The van der Waals surface area contributed by atoms with Crippen molar-refractivity contribution in [3.63, 3.8) is 0 Å². The van der Waals surface area contributed by atoms with Gasteiger partial charge < -0.3 is 5.32 Å². The van der Waals surface area contributed by atoms with Crippen molar-refractivity contribution in [3.8, 4) is 0 Å².